The van der Waals surface area contributed by atoms with Gasteiger partial charge in [-0.1, -0.05) is 18.2 Å². The van der Waals surface area contributed by atoms with Crippen molar-refractivity contribution in [2.45, 2.75) is 6.92 Å². The Bertz CT molecular complexity index is 360. The summed E-state index contributed by atoms with van der Waals surface area (Å²) >= 11 is 0. The van der Waals surface area contributed by atoms with Gasteiger partial charge in [-0.05, 0) is 24.6 Å². The zero-order valence-electron chi connectivity index (χ0n) is 10.4. The van der Waals surface area contributed by atoms with E-state index < -0.39 is 0 Å². The minimum Gasteiger partial charge on any atom is -0.464 e. The van der Waals surface area contributed by atoms with E-state index in [4.69, 9.17) is 18.9 Å². The molecule has 0 N–H and O–H groups in total. The molecular formula is C13H18O4. The molecule has 0 heterocycles. The minimum absolute atomic E-state index is 0.183. The van der Waals surface area contributed by atoms with E-state index in [-0.39, 0.29) is 13.6 Å². The van der Waals surface area contributed by atoms with Gasteiger partial charge in [0.05, 0.1) is 0 Å². The molecule has 0 aromatic heterocycles. The van der Waals surface area contributed by atoms with Crippen LogP contribution in [0.25, 0.3) is 6.08 Å². The summed E-state index contributed by atoms with van der Waals surface area (Å²) in [5, 5.41) is 0. The molecule has 0 bridgehead atoms. The number of allylic oxidation sites excluding steroid dienone is 1. The smallest absolute Gasteiger partial charge is 0.188 e. The van der Waals surface area contributed by atoms with Crippen LogP contribution in [0.15, 0.2) is 24.3 Å². The highest BCUT2D eigenvalue weighted by atomic mass is 16.7. The molecule has 0 fully saturated rings. The van der Waals surface area contributed by atoms with Crippen molar-refractivity contribution in [1.29, 1.82) is 0 Å². The highest BCUT2D eigenvalue weighted by Crippen LogP contribution is 2.29. The number of methoxy groups -OCH3 is 2. The average Bonchev–Trinajstić information content (AvgIpc) is 2.35. The van der Waals surface area contributed by atoms with Crippen LogP contribution in [0.5, 0.6) is 11.5 Å². The van der Waals surface area contributed by atoms with Crippen molar-refractivity contribution in [3.8, 4) is 11.5 Å². The van der Waals surface area contributed by atoms with Gasteiger partial charge >= 0.3 is 0 Å². The summed E-state index contributed by atoms with van der Waals surface area (Å²) in [6, 6.07) is 5.69. The maximum Gasteiger partial charge on any atom is 0.188 e. The predicted molar refractivity (Wildman–Crippen MR) is 66.2 cm³/mol. The van der Waals surface area contributed by atoms with Crippen molar-refractivity contribution in [1.82, 2.24) is 0 Å². The van der Waals surface area contributed by atoms with E-state index in [0.717, 1.165) is 5.56 Å². The first-order chi connectivity index (χ1) is 8.31. The molecule has 94 valence electrons. The molecule has 0 radical (unpaired) electrons. The zero-order valence-corrected chi connectivity index (χ0v) is 10.4. The molecule has 0 aliphatic carbocycles. The largest absolute Gasteiger partial charge is 0.464 e. The first-order valence-electron chi connectivity index (χ1n) is 5.32. The van der Waals surface area contributed by atoms with Crippen LogP contribution < -0.4 is 9.47 Å². The third kappa shape index (κ3) is 4.46. The highest BCUT2D eigenvalue weighted by Gasteiger charge is 2.05. The van der Waals surface area contributed by atoms with Crippen molar-refractivity contribution in [2.24, 2.45) is 0 Å². The molecule has 1 aromatic rings. The molecule has 1 aromatic carbocycles. The number of benzene rings is 1. The van der Waals surface area contributed by atoms with Crippen molar-refractivity contribution in [2.75, 3.05) is 27.8 Å². The fraction of sp³-hybridized carbons (Fsp3) is 0.385. The standard InChI is InChI=1S/C13H18O4/c1-4-5-11-6-7-12(16-9-14-2)13(8-11)17-10-15-3/h4-8H,9-10H2,1-3H3/b5-4+. The Balaban J connectivity index is 2.86. The van der Waals surface area contributed by atoms with Crippen LogP contribution in [-0.4, -0.2) is 27.8 Å². The molecule has 0 amide bonds. The van der Waals surface area contributed by atoms with Gasteiger partial charge in [0, 0.05) is 14.2 Å². The molecule has 0 saturated heterocycles. The Kier molecular flexibility index (Phi) is 6.14. The Morgan fingerprint density at radius 2 is 1.65 bits per heavy atom. The van der Waals surface area contributed by atoms with Crippen molar-refractivity contribution < 1.29 is 18.9 Å². The molecule has 0 aliphatic heterocycles. The van der Waals surface area contributed by atoms with Crippen LogP contribution in [0.2, 0.25) is 0 Å². The van der Waals surface area contributed by atoms with Crippen LogP contribution in [0.3, 0.4) is 0 Å². The monoisotopic (exact) mass is 238 g/mol. The van der Waals surface area contributed by atoms with Gasteiger partial charge in [-0.2, -0.15) is 0 Å². The van der Waals surface area contributed by atoms with Crippen molar-refractivity contribution >= 4 is 6.08 Å². The second-order valence-electron chi connectivity index (χ2n) is 3.31. The molecule has 0 aliphatic rings. The molecule has 17 heavy (non-hydrogen) atoms. The van der Waals surface area contributed by atoms with Gasteiger partial charge in [0.15, 0.2) is 25.1 Å². The minimum atomic E-state index is 0.183. The molecule has 0 spiro atoms. The van der Waals surface area contributed by atoms with Gasteiger partial charge in [-0.15, -0.1) is 0 Å². The van der Waals surface area contributed by atoms with Crippen LogP contribution in [0.1, 0.15) is 12.5 Å². The normalized spacial score (nSPS) is 10.8. The van der Waals surface area contributed by atoms with Gasteiger partial charge in [0.1, 0.15) is 0 Å². The second kappa shape index (κ2) is 7.70. The van der Waals surface area contributed by atoms with Crippen LogP contribution in [0, 0.1) is 0 Å². The molecule has 4 nitrogen and oxygen atoms in total. The molecule has 0 unspecified atom stereocenters. The fourth-order valence-corrected chi connectivity index (χ4v) is 1.30. The third-order valence-electron chi connectivity index (χ3n) is 1.99. The van der Waals surface area contributed by atoms with Crippen molar-refractivity contribution in [3.63, 3.8) is 0 Å². The number of rotatable bonds is 7. The Morgan fingerprint density at radius 1 is 1.00 bits per heavy atom. The van der Waals surface area contributed by atoms with Gasteiger partial charge in [-0.25, -0.2) is 0 Å². The number of ether oxygens (including phenoxy) is 4. The SMILES string of the molecule is C/C=C/c1ccc(OCOC)c(OCOC)c1. The molecule has 4 heteroatoms. The number of hydrogen-bond donors (Lipinski definition) is 0. The summed E-state index contributed by atoms with van der Waals surface area (Å²) in [5.41, 5.74) is 1.04. The lowest BCUT2D eigenvalue weighted by Gasteiger charge is -2.12. The maximum atomic E-state index is 5.43. The summed E-state index contributed by atoms with van der Waals surface area (Å²) in [7, 11) is 3.15. The van der Waals surface area contributed by atoms with Gasteiger partial charge in [-0.3, -0.25) is 0 Å². The molecular weight excluding hydrogens is 220 g/mol. The van der Waals surface area contributed by atoms with E-state index in [9.17, 15) is 0 Å². The summed E-state index contributed by atoms with van der Waals surface area (Å²) in [5.74, 6) is 1.27. The van der Waals surface area contributed by atoms with E-state index in [2.05, 4.69) is 0 Å². The summed E-state index contributed by atoms with van der Waals surface area (Å²) < 4.78 is 20.6. The Morgan fingerprint density at radius 3 is 2.24 bits per heavy atom. The fourth-order valence-electron chi connectivity index (χ4n) is 1.30. The summed E-state index contributed by atoms with van der Waals surface area (Å²) in [4.78, 5) is 0. The van der Waals surface area contributed by atoms with E-state index in [1.165, 1.54) is 0 Å². The lowest BCUT2D eigenvalue weighted by molar-refractivity contribution is 0.0322. The van der Waals surface area contributed by atoms with E-state index in [0.29, 0.717) is 11.5 Å². The molecule has 0 saturated carbocycles. The van der Waals surface area contributed by atoms with Gasteiger partial charge in [0.2, 0.25) is 0 Å². The summed E-state index contributed by atoms with van der Waals surface area (Å²) in [6.45, 7) is 2.33. The highest BCUT2D eigenvalue weighted by molar-refractivity contribution is 5.55. The maximum absolute atomic E-state index is 5.43. The Labute approximate surface area is 102 Å². The first kappa shape index (κ1) is 13.5. The predicted octanol–water partition coefficient (Wildman–Crippen LogP) is 2.69. The second-order valence-corrected chi connectivity index (χ2v) is 3.31. The van der Waals surface area contributed by atoms with Crippen LogP contribution in [-0.2, 0) is 9.47 Å². The lowest BCUT2D eigenvalue weighted by Crippen LogP contribution is -2.04. The Hall–Kier alpha value is -1.52. The molecule has 0 atom stereocenters. The quantitative estimate of drug-likeness (QED) is 0.684. The van der Waals surface area contributed by atoms with Gasteiger partial charge < -0.3 is 18.9 Å². The summed E-state index contributed by atoms with van der Waals surface area (Å²) in [6.07, 6.45) is 3.95. The topological polar surface area (TPSA) is 36.9 Å². The number of hydrogen-bond acceptors (Lipinski definition) is 4. The van der Waals surface area contributed by atoms with Gasteiger partial charge in [0.25, 0.3) is 0 Å². The zero-order chi connectivity index (χ0) is 12.5. The van der Waals surface area contributed by atoms with E-state index in [1.807, 2.05) is 37.3 Å². The van der Waals surface area contributed by atoms with Crippen LogP contribution in [0.4, 0.5) is 0 Å². The third-order valence-corrected chi connectivity index (χ3v) is 1.99. The molecule has 1 rings (SSSR count). The average molecular weight is 238 g/mol. The first-order valence-corrected chi connectivity index (χ1v) is 5.32. The van der Waals surface area contributed by atoms with Crippen LogP contribution >= 0.6 is 0 Å². The van der Waals surface area contributed by atoms with E-state index in [1.54, 1.807) is 14.2 Å². The lowest BCUT2D eigenvalue weighted by atomic mass is 10.2. The van der Waals surface area contributed by atoms with Crippen molar-refractivity contribution in [3.05, 3.63) is 29.8 Å². The van der Waals surface area contributed by atoms with E-state index >= 15 is 0 Å².